The fourth-order valence-electron chi connectivity index (χ4n) is 6.00. The van der Waals surface area contributed by atoms with Crippen molar-refractivity contribution in [3.05, 3.63) is 114 Å². The van der Waals surface area contributed by atoms with Crippen molar-refractivity contribution in [3.8, 4) is 16.8 Å². The minimum atomic E-state index is -0.0553. The first kappa shape index (κ1) is 17.8. The quantitative estimate of drug-likeness (QED) is 0.258. The normalized spacial score (nSPS) is 14.2. The summed E-state index contributed by atoms with van der Waals surface area (Å²) >= 11 is 0. The van der Waals surface area contributed by atoms with Gasteiger partial charge in [0, 0.05) is 21.6 Å². The molecule has 32 heavy (non-hydrogen) atoms. The highest BCUT2D eigenvalue weighted by Crippen LogP contribution is 2.52. The predicted molar refractivity (Wildman–Crippen MR) is 136 cm³/mol. The van der Waals surface area contributed by atoms with Crippen molar-refractivity contribution in [2.75, 3.05) is 0 Å². The van der Waals surface area contributed by atoms with E-state index in [1.165, 1.54) is 60.5 Å². The highest BCUT2D eigenvalue weighted by Gasteiger charge is 2.37. The number of benzene rings is 5. The first-order valence-corrected chi connectivity index (χ1v) is 11.3. The third-order valence-electron chi connectivity index (χ3n) is 7.36. The van der Waals surface area contributed by atoms with Crippen LogP contribution in [0.1, 0.15) is 25.0 Å². The van der Waals surface area contributed by atoms with E-state index in [0.717, 1.165) is 0 Å². The van der Waals surface area contributed by atoms with E-state index in [-0.39, 0.29) is 5.41 Å². The van der Waals surface area contributed by atoms with Crippen LogP contribution in [0, 0.1) is 0 Å². The molecule has 0 N–H and O–H groups in total. The molecule has 0 aliphatic heterocycles. The van der Waals surface area contributed by atoms with Gasteiger partial charge < -0.3 is 4.57 Å². The van der Waals surface area contributed by atoms with E-state index in [1.807, 2.05) is 0 Å². The van der Waals surface area contributed by atoms with E-state index >= 15 is 0 Å². The Kier molecular flexibility index (Phi) is 3.40. The minimum Gasteiger partial charge on any atom is -0.309 e. The van der Waals surface area contributed by atoms with Gasteiger partial charge in [0.25, 0.3) is 0 Å². The van der Waals surface area contributed by atoms with E-state index in [2.05, 4.69) is 122 Å². The lowest BCUT2D eigenvalue weighted by molar-refractivity contribution is 0.666. The summed E-state index contributed by atoms with van der Waals surface area (Å²) in [4.78, 5) is 0. The van der Waals surface area contributed by atoms with Crippen molar-refractivity contribution in [3.63, 3.8) is 0 Å². The molecule has 1 aromatic heterocycles. The number of aromatic nitrogens is 1. The van der Waals surface area contributed by atoms with Crippen LogP contribution in [0.15, 0.2) is 103 Å². The summed E-state index contributed by atoms with van der Waals surface area (Å²) < 4.78 is 2.46. The van der Waals surface area contributed by atoms with Crippen LogP contribution in [-0.4, -0.2) is 4.57 Å². The predicted octanol–water partition coefficient (Wildman–Crippen LogP) is 8.24. The molecule has 7 rings (SSSR count). The van der Waals surface area contributed by atoms with Gasteiger partial charge in [-0.05, 0) is 45.8 Å². The zero-order chi connectivity index (χ0) is 21.4. The molecule has 1 aliphatic rings. The smallest absolute Gasteiger partial charge is 0.0543 e. The monoisotopic (exact) mass is 409 g/mol. The molecule has 0 saturated carbocycles. The lowest BCUT2D eigenvalue weighted by Crippen LogP contribution is -2.16. The second-order valence-electron chi connectivity index (χ2n) is 9.40. The van der Waals surface area contributed by atoms with Crippen LogP contribution in [0.4, 0.5) is 0 Å². The van der Waals surface area contributed by atoms with E-state index in [0.29, 0.717) is 0 Å². The molecule has 0 spiro atoms. The Labute approximate surface area is 187 Å². The van der Waals surface area contributed by atoms with Crippen LogP contribution < -0.4 is 0 Å². The van der Waals surface area contributed by atoms with E-state index in [1.54, 1.807) is 0 Å². The fourth-order valence-corrected chi connectivity index (χ4v) is 6.00. The number of hydrogen-bond acceptors (Lipinski definition) is 0. The van der Waals surface area contributed by atoms with Gasteiger partial charge in [0.15, 0.2) is 0 Å². The van der Waals surface area contributed by atoms with E-state index < -0.39 is 0 Å². The molecular formula is C31H23N. The number of para-hydroxylation sites is 2. The Bertz CT molecular complexity index is 1640. The summed E-state index contributed by atoms with van der Waals surface area (Å²) in [5, 5.41) is 5.26. The summed E-state index contributed by atoms with van der Waals surface area (Å²) in [6.45, 7) is 4.75. The summed E-state index contributed by atoms with van der Waals surface area (Å²) in [5.41, 5.74) is 9.31. The maximum Gasteiger partial charge on any atom is 0.0543 e. The topological polar surface area (TPSA) is 4.93 Å². The first-order valence-electron chi connectivity index (χ1n) is 11.3. The molecular weight excluding hydrogens is 386 g/mol. The third-order valence-corrected chi connectivity index (χ3v) is 7.36. The van der Waals surface area contributed by atoms with Gasteiger partial charge in [-0.25, -0.2) is 0 Å². The zero-order valence-electron chi connectivity index (χ0n) is 18.3. The van der Waals surface area contributed by atoms with Crippen molar-refractivity contribution in [1.29, 1.82) is 0 Å². The number of nitrogens with zero attached hydrogens (tertiary/aromatic N) is 1. The summed E-state index contributed by atoms with van der Waals surface area (Å²) in [6.07, 6.45) is 0. The second kappa shape index (κ2) is 6.11. The Balaban J connectivity index is 1.69. The number of fused-ring (bicyclic) bond motifs is 8. The average Bonchev–Trinajstić information content (AvgIpc) is 3.29. The molecule has 152 valence electrons. The minimum absolute atomic E-state index is 0.0553. The second-order valence-corrected chi connectivity index (χ2v) is 9.40. The highest BCUT2D eigenvalue weighted by molar-refractivity contribution is 6.11. The maximum absolute atomic E-state index is 2.46. The van der Waals surface area contributed by atoms with Gasteiger partial charge in [-0.15, -0.1) is 0 Å². The lowest BCUT2D eigenvalue weighted by Gasteiger charge is -2.25. The van der Waals surface area contributed by atoms with Gasteiger partial charge in [0.2, 0.25) is 0 Å². The molecule has 1 heterocycles. The van der Waals surface area contributed by atoms with Crippen LogP contribution in [0.25, 0.3) is 49.4 Å². The molecule has 0 atom stereocenters. The van der Waals surface area contributed by atoms with Gasteiger partial charge in [0.1, 0.15) is 0 Å². The van der Waals surface area contributed by atoms with Crippen molar-refractivity contribution in [2.45, 2.75) is 19.3 Å². The van der Waals surface area contributed by atoms with Crippen LogP contribution in [-0.2, 0) is 5.41 Å². The lowest BCUT2D eigenvalue weighted by atomic mass is 9.80. The molecule has 6 aromatic rings. The molecule has 0 fully saturated rings. The van der Waals surface area contributed by atoms with Crippen LogP contribution in [0.3, 0.4) is 0 Å². The number of rotatable bonds is 1. The van der Waals surface area contributed by atoms with Crippen LogP contribution in [0.2, 0.25) is 0 Å². The molecule has 5 aromatic carbocycles. The van der Waals surface area contributed by atoms with Crippen LogP contribution in [0.5, 0.6) is 0 Å². The molecule has 1 nitrogen and oxygen atoms in total. The Morgan fingerprint density at radius 3 is 1.97 bits per heavy atom. The van der Waals surface area contributed by atoms with Gasteiger partial charge in [-0.3, -0.25) is 0 Å². The molecule has 0 amide bonds. The fraction of sp³-hybridized carbons (Fsp3) is 0.0968. The van der Waals surface area contributed by atoms with Crippen molar-refractivity contribution in [1.82, 2.24) is 4.57 Å². The summed E-state index contributed by atoms with van der Waals surface area (Å²) in [7, 11) is 0. The maximum atomic E-state index is 2.46. The SMILES string of the molecule is CC1(C)c2ccccc2-c2ccc3cccc(-n4c5ccccc5c5ccccc54)c3c21. The Morgan fingerprint density at radius 1 is 0.562 bits per heavy atom. The standard InChI is InChI=1S/C31H23N/c1-31(2)25-14-6-3-11-21(25)24-19-18-20-10-9-17-28(29(20)30(24)31)32-26-15-7-4-12-22(26)23-13-5-8-16-27(23)32/h3-19H,1-2H3. The van der Waals surface area contributed by atoms with Crippen LogP contribution >= 0.6 is 0 Å². The average molecular weight is 410 g/mol. The van der Waals surface area contributed by atoms with Crippen molar-refractivity contribution >= 4 is 32.6 Å². The molecule has 1 aliphatic carbocycles. The van der Waals surface area contributed by atoms with Gasteiger partial charge >= 0.3 is 0 Å². The molecule has 0 saturated heterocycles. The number of hydrogen-bond donors (Lipinski definition) is 0. The van der Waals surface area contributed by atoms with Gasteiger partial charge in [0.05, 0.1) is 16.7 Å². The van der Waals surface area contributed by atoms with Gasteiger partial charge in [-0.2, -0.15) is 0 Å². The van der Waals surface area contributed by atoms with Crippen molar-refractivity contribution in [2.24, 2.45) is 0 Å². The highest BCUT2D eigenvalue weighted by atomic mass is 15.0. The Hall–Kier alpha value is -3.84. The van der Waals surface area contributed by atoms with E-state index in [4.69, 9.17) is 0 Å². The van der Waals surface area contributed by atoms with Crippen molar-refractivity contribution < 1.29 is 0 Å². The summed E-state index contributed by atoms with van der Waals surface area (Å²) in [6, 6.07) is 37.8. The zero-order valence-corrected chi connectivity index (χ0v) is 18.3. The largest absolute Gasteiger partial charge is 0.309 e. The Morgan fingerprint density at radius 2 is 1.22 bits per heavy atom. The summed E-state index contributed by atoms with van der Waals surface area (Å²) in [5.74, 6) is 0. The molecule has 0 radical (unpaired) electrons. The molecule has 0 bridgehead atoms. The third kappa shape index (κ3) is 2.13. The molecule has 0 unspecified atom stereocenters. The van der Waals surface area contributed by atoms with Gasteiger partial charge in [-0.1, -0.05) is 98.8 Å². The van der Waals surface area contributed by atoms with E-state index in [9.17, 15) is 0 Å². The molecule has 1 heteroatoms. The first-order chi connectivity index (χ1) is 15.7.